The summed E-state index contributed by atoms with van der Waals surface area (Å²) < 4.78 is 5.50. The van der Waals surface area contributed by atoms with Crippen molar-refractivity contribution in [1.29, 1.82) is 0 Å². The van der Waals surface area contributed by atoms with Crippen molar-refractivity contribution in [3.63, 3.8) is 0 Å². The molecule has 0 rings (SSSR count). The van der Waals surface area contributed by atoms with E-state index in [4.69, 9.17) is 4.74 Å². The average Bonchev–Trinajstić information content (AvgIpc) is 3.51. The van der Waals surface area contributed by atoms with E-state index in [1.165, 1.54) is 385 Å². The fourth-order valence-electron chi connectivity index (χ4n) is 12.6. The molecule has 6 heteroatoms. The normalized spacial score (nSPS) is 12.5. The number of carbonyl (C=O) groups is 2. The van der Waals surface area contributed by atoms with Crippen molar-refractivity contribution in [2.45, 2.75) is 463 Å². The van der Waals surface area contributed by atoms with E-state index in [1.807, 2.05) is 6.08 Å². The first-order chi connectivity index (χ1) is 41.5. The first kappa shape index (κ1) is 82.6. The second-order valence-corrected chi connectivity index (χ2v) is 27.1. The molecule has 0 spiro atoms. The molecule has 0 saturated carbocycles. The average molecular weight is 1190 g/mol. The lowest BCUT2D eigenvalue weighted by Crippen LogP contribution is -2.45. The zero-order valence-corrected chi connectivity index (χ0v) is 57.4. The minimum Gasteiger partial charge on any atom is -0.466 e. The van der Waals surface area contributed by atoms with Crippen LogP contribution in [0.1, 0.15) is 450 Å². The number of esters is 1. The molecule has 0 aliphatic carbocycles. The molecule has 0 saturated heterocycles. The van der Waals surface area contributed by atoms with E-state index in [1.54, 1.807) is 6.08 Å². The Labute approximate surface area is 527 Å². The Morgan fingerprint density at radius 1 is 0.321 bits per heavy atom. The number of nitrogens with one attached hydrogen (secondary N) is 1. The maximum Gasteiger partial charge on any atom is 0.305 e. The number of carbonyl (C=O) groups excluding carboxylic acids is 2. The fourth-order valence-corrected chi connectivity index (χ4v) is 12.6. The van der Waals surface area contributed by atoms with Gasteiger partial charge in [0.25, 0.3) is 0 Å². The van der Waals surface area contributed by atoms with Crippen LogP contribution in [-0.4, -0.2) is 47.4 Å². The number of amides is 1. The molecule has 84 heavy (non-hydrogen) atoms. The molecular weight excluding hydrogens is 1030 g/mol. The molecule has 0 fully saturated rings. The number of ether oxygens (including phenoxy) is 1. The van der Waals surface area contributed by atoms with E-state index >= 15 is 0 Å². The third kappa shape index (κ3) is 69.7. The zero-order chi connectivity index (χ0) is 60.6. The molecule has 2 unspecified atom stereocenters. The lowest BCUT2D eigenvalue weighted by Gasteiger charge is -2.20. The van der Waals surface area contributed by atoms with Gasteiger partial charge < -0.3 is 20.3 Å². The van der Waals surface area contributed by atoms with Crippen LogP contribution in [0, 0.1) is 0 Å². The molecule has 500 valence electrons. The van der Waals surface area contributed by atoms with Gasteiger partial charge in [-0.25, -0.2) is 0 Å². The smallest absolute Gasteiger partial charge is 0.305 e. The summed E-state index contributed by atoms with van der Waals surface area (Å²) in [6.07, 6.45) is 93.4. The summed E-state index contributed by atoms with van der Waals surface area (Å²) in [5.41, 5.74) is 0. The van der Waals surface area contributed by atoms with E-state index in [0.29, 0.717) is 19.4 Å². The minimum absolute atomic E-state index is 0.0257. The highest BCUT2D eigenvalue weighted by atomic mass is 16.5. The Morgan fingerprint density at radius 2 is 0.548 bits per heavy atom. The molecule has 0 heterocycles. The highest BCUT2D eigenvalue weighted by Crippen LogP contribution is 2.20. The summed E-state index contributed by atoms with van der Waals surface area (Å²) in [5, 5.41) is 23.2. The van der Waals surface area contributed by atoms with E-state index < -0.39 is 12.1 Å². The first-order valence-corrected chi connectivity index (χ1v) is 39.0. The Morgan fingerprint density at radius 3 is 0.810 bits per heavy atom. The highest BCUT2D eigenvalue weighted by Gasteiger charge is 2.18. The van der Waals surface area contributed by atoms with Crippen molar-refractivity contribution in [3.8, 4) is 0 Å². The molecule has 1 amide bonds. The summed E-state index contributed by atoms with van der Waals surface area (Å²) in [5.74, 6) is -0.0324. The second-order valence-electron chi connectivity index (χ2n) is 27.1. The lowest BCUT2D eigenvalue weighted by atomic mass is 10.0. The van der Waals surface area contributed by atoms with Gasteiger partial charge in [0.1, 0.15) is 0 Å². The summed E-state index contributed by atoms with van der Waals surface area (Å²) in [4.78, 5) is 24.6. The number of unbranched alkanes of at least 4 members (excludes halogenated alkanes) is 63. The Bertz CT molecular complexity index is 1270. The van der Waals surface area contributed by atoms with Gasteiger partial charge in [-0.05, 0) is 32.1 Å². The van der Waals surface area contributed by atoms with Crippen LogP contribution in [0.2, 0.25) is 0 Å². The van der Waals surface area contributed by atoms with E-state index in [2.05, 4.69) is 19.2 Å². The Kier molecular flexibility index (Phi) is 72.8. The van der Waals surface area contributed by atoms with Gasteiger partial charge >= 0.3 is 5.97 Å². The minimum atomic E-state index is -0.840. The zero-order valence-electron chi connectivity index (χ0n) is 57.4. The van der Waals surface area contributed by atoms with E-state index in [-0.39, 0.29) is 18.5 Å². The number of aliphatic hydroxyl groups is 2. The first-order valence-electron chi connectivity index (χ1n) is 39.0. The van der Waals surface area contributed by atoms with Crippen molar-refractivity contribution >= 4 is 11.9 Å². The van der Waals surface area contributed by atoms with Crippen LogP contribution in [0.25, 0.3) is 0 Å². The summed E-state index contributed by atoms with van der Waals surface area (Å²) in [6, 6.07) is -0.623. The molecule has 0 aliphatic rings. The third-order valence-electron chi connectivity index (χ3n) is 18.6. The van der Waals surface area contributed by atoms with Crippen LogP contribution in [0.4, 0.5) is 0 Å². The number of hydrogen-bond acceptors (Lipinski definition) is 5. The summed E-state index contributed by atoms with van der Waals surface area (Å²) in [6.45, 7) is 4.96. The van der Waals surface area contributed by atoms with Crippen LogP contribution in [0.3, 0.4) is 0 Å². The van der Waals surface area contributed by atoms with Crippen molar-refractivity contribution in [2.24, 2.45) is 0 Å². The number of aliphatic hydroxyl groups excluding tert-OH is 2. The van der Waals surface area contributed by atoms with Crippen LogP contribution >= 0.6 is 0 Å². The highest BCUT2D eigenvalue weighted by molar-refractivity contribution is 5.76. The molecular formula is C78H153NO5. The molecule has 0 bridgehead atoms. The predicted octanol–water partition coefficient (Wildman–Crippen LogP) is 25.5. The topological polar surface area (TPSA) is 95.9 Å². The summed E-state index contributed by atoms with van der Waals surface area (Å²) in [7, 11) is 0. The van der Waals surface area contributed by atoms with Gasteiger partial charge in [0.2, 0.25) is 5.91 Å². The van der Waals surface area contributed by atoms with E-state index in [9.17, 15) is 19.8 Å². The quantitative estimate of drug-likeness (QED) is 0.0320. The maximum atomic E-state index is 12.5. The van der Waals surface area contributed by atoms with Gasteiger partial charge in [-0.1, -0.05) is 418 Å². The standard InChI is InChI=1S/C78H153NO5/c1-3-5-7-9-11-13-15-17-18-40-43-47-50-54-58-62-66-70-76(81)75(74-80)79-77(82)71-67-63-59-55-51-48-44-41-38-36-34-32-30-28-26-24-22-20-19-21-23-25-27-29-31-33-35-37-39-42-45-49-53-57-61-65-69-73-84-78(83)72-68-64-60-56-52-46-16-14-12-10-8-6-4-2/h66,70,75-76,80-81H,3-65,67-69,71-74H2,1-2H3,(H,79,82)/b70-66+. The Hall–Kier alpha value is -1.40. The molecule has 0 aliphatic heterocycles. The lowest BCUT2D eigenvalue weighted by molar-refractivity contribution is -0.143. The number of allylic oxidation sites excluding steroid dienone is 1. The van der Waals surface area contributed by atoms with Crippen LogP contribution in [-0.2, 0) is 14.3 Å². The van der Waals surface area contributed by atoms with Gasteiger partial charge in [-0.2, -0.15) is 0 Å². The van der Waals surface area contributed by atoms with Crippen molar-refractivity contribution in [1.82, 2.24) is 5.32 Å². The van der Waals surface area contributed by atoms with E-state index in [0.717, 1.165) is 38.5 Å². The molecule has 0 aromatic heterocycles. The molecule has 0 aromatic rings. The maximum absolute atomic E-state index is 12.5. The fraction of sp³-hybridized carbons (Fsp3) is 0.949. The molecule has 6 nitrogen and oxygen atoms in total. The predicted molar refractivity (Wildman–Crippen MR) is 370 cm³/mol. The van der Waals surface area contributed by atoms with Crippen molar-refractivity contribution in [3.05, 3.63) is 12.2 Å². The molecule has 2 atom stereocenters. The number of rotatable bonds is 74. The van der Waals surface area contributed by atoms with Gasteiger partial charge in [0.15, 0.2) is 0 Å². The molecule has 0 radical (unpaired) electrons. The second kappa shape index (κ2) is 74.1. The Balaban J connectivity index is 3.30. The largest absolute Gasteiger partial charge is 0.466 e. The molecule has 0 aromatic carbocycles. The van der Waals surface area contributed by atoms with Crippen LogP contribution in [0.5, 0.6) is 0 Å². The van der Waals surface area contributed by atoms with Crippen LogP contribution < -0.4 is 5.32 Å². The third-order valence-corrected chi connectivity index (χ3v) is 18.6. The van der Waals surface area contributed by atoms with Gasteiger partial charge in [-0.3, -0.25) is 9.59 Å². The van der Waals surface area contributed by atoms with Gasteiger partial charge in [-0.15, -0.1) is 0 Å². The van der Waals surface area contributed by atoms with Gasteiger partial charge in [0.05, 0.1) is 25.4 Å². The van der Waals surface area contributed by atoms with Gasteiger partial charge in [0, 0.05) is 12.8 Å². The summed E-state index contributed by atoms with van der Waals surface area (Å²) >= 11 is 0. The van der Waals surface area contributed by atoms with Crippen LogP contribution in [0.15, 0.2) is 12.2 Å². The van der Waals surface area contributed by atoms with Crippen molar-refractivity contribution in [2.75, 3.05) is 13.2 Å². The SMILES string of the molecule is CCCCCCCCCCCCCCCCC/C=C/C(O)C(CO)NC(=O)CCCCCCCCCCCCCCCCCCCCCCCCCCCCCCCCCCCCCCCOC(=O)CCCCCCCCCCCCCCC. The molecule has 3 N–H and O–H groups in total. The number of hydrogen-bond donors (Lipinski definition) is 3. The monoisotopic (exact) mass is 1180 g/mol. The van der Waals surface area contributed by atoms with Crippen molar-refractivity contribution < 1.29 is 24.5 Å².